The van der Waals surface area contributed by atoms with Crippen molar-refractivity contribution >= 4 is 17.5 Å². The van der Waals surface area contributed by atoms with Gasteiger partial charge in [-0.15, -0.1) is 11.6 Å². The van der Waals surface area contributed by atoms with E-state index < -0.39 is 11.6 Å². The Balaban J connectivity index is 2.21. The Kier molecular flexibility index (Phi) is 3.85. The van der Waals surface area contributed by atoms with Crippen LogP contribution in [-0.4, -0.2) is 29.3 Å². The van der Waals surface area contributed by atoms with Crippen LogP contribution < -0.4 is 0 Å². The van der Waals surface area contributed by atoms with E-state index in [1.807, 2.05) is 0 Å². The van der Waals surface area contributed by atoms with Crippen molar-refractivity contribution in [2.45, 2.75) is 25.1 Å². The van der Waals surface area contributed by atoms with Crippen molar-refractivity contribution in [1.29, 1.82) is 0 Å². The second kappa shape index (κ2) is 5.22. The lowest BCUT2D eigenvalue weighted by molar-refractivity contribution is 0.0721. The second-order valence-corrected chi connectivity index (χ2v) is 5.17. The van der Waals surface area contributed by atoms with Crippen molar-refractivity contribution in [3.8, 4) is 0 Å². The van der Waals surface area contributed by atoms with E-state index in [1.165, 1.54) is 13.0 Å². The zero-order valence-electron chi connectivity index (χ0n) is 10.0. The van der Waals surface area contributed by atoms with Gasteiger partial charge in [-0.05, 0) is 31.4 Å². The Morgan fingerprint density at radius 3 is 2.50 bits per heavy atom. The first kappa shape index (κ1) is 13.3. The van der Waals surface area contributed by atoms with Crippen LogP contribution >= 0.6 is 11.6 Å². The minimum Gasteiger partial charge on any atom is -0.338 e. The highest BCUT2D eigenvalue weighted by Crippen LogP contribution is 2.20. The molecule has 0 saturated carbocycles. The lowest BCUT2D eigenvalue weighted by atomic mass is 10.1. The highest BCUT2D eigenvalue weighted by atomic mass is 35.5. The number of carbonyl (C=O) groups is 1. The smallest absolute Gasteiger partial charge is 0.256 e. The third kappa shape index (κ3) is 2.64. The van der Waals surface area contributed by atoms with Gasteiger partial charge in [0.05, 0.1) is 5.56 Å². The molecular weight excluding hydrogens is 260 g/mol. The molecule has 0 atom stereocenters. The van der Waals surface area contributed by atoms with E-state index in [-0.39, 0.29) is 22.4 Å². The van der Waals surface area contributed by atoms with Gasteiger partial charge in [-0.1, -0.05) is 0 Å². The highest BCUT2D eigenvalue weighted by molar-refractivity contribution is 6.20. The van der Waals surface area contributed by atoms with E-state index in [9.17, 15) is 13.6 Å². The first-order valence-corrected chi connectivity index (χ1v) is 6.31. The van der Waals surface area contributed by atoms with Crippen molar-refractivity contribution in [3.05, 3.63) is 34.9 Å². The second-order valence-electron chi connectivity index (χ2n) is 4.55. The molecule has 1 aliphatic heterocycles. The van der Waals surface area contributed by atoms with Crippen LogP contribution in [0.15, 0.2) is 12.1 Å². The van der Waals surface area contributed by atoms with Gasteiger partial charge in [0, 0.05) is 24.5 Å². The molecule has 1 aromatic rings. The minimum atomic E-state index is -0.809. The van der Waals surface area contributed by atoms with Crippen LogP contribution in [0.1, 0.15) is 28.8 Å². The van der Waals surface area contributed by atoms with Gasteiger partial charge in [0.15, 0.2) is 0 Å². The first-order valence-electron chi connectivity index (χ1n) is 5.88. The summed E-state index contributed by atoms with van der Waals surface area (Å²) < 4.78 is 26.7. The van der Waals surface area contributed by atoms with Gasteiger partial charge in [-0.2, -0.15) is 0 Å². The molecule has 1 aliphatic rings. The van der Waals surface area contributed by atoms with Crippen LogP contribution in [0, 0.1) is 18.6 Å². The van der Waals surface area contributed by atoms with E-state index in [1.54, 1.807) is 4.90 Å². The summed E-state index contributed by atoms with van der Waals surface area (Å²) in [7, 11) is 0. The molecule has 98 valence electrons. The van der Waals surface area contributed by atoms with E-state index in [0.717, 1.165) is 6.07 Å². The average Bonchev–Trinajstić information content (AvgIpc) is 2.34. The number of alkyl halides is 1. The van der Waals surface area contributed by atoms with Crippen molar-refractivity contribution in [1.82, 2.24) is 4.90 Å². The Bertz CT molecular complexity index is 470. The molecule has 0 spiro atoms. The molecule has 1 amide bonds. The van der Waals surface area contributed by atoms with Crippen LogP contribution in [-0.2, 0) is 0 Å². The van der Waals surface area contributed by atoms with Gasteiger partial charge < -0.3 is 4.90 Å². The van der Waals surface area contributed by atoms with Crippen LogP contribution in [0.25, 0.3) is 0 Å². The fourth-order valence-electron chi connectivity index (χ4n) is 2.04. The first-order chi connectivity index (χ1) is 8.49. The molecule has 0 N–H and O–H groups in total. The summed E-state index contributed by atoms with van der Waals surface area (Å²) in [6.45, 7) is 2.54. The van der Waals surface area contributed by atoms with Gasteiger partial charge in [0.1, 0.15) is 11.6 Å². The molecule has 1 fully saturated rings. The molecule has 1 heterocycles. The summed E-state index contributed by atoms with van der Waals surface area (Å²) in [6.07, 6.45) is 1.41. The topological polar surface area (TPSA) is 20.3 Å². The maximum Gasteiger partial charge on any atom is 0.256 e. The molecule has 0 bridgehead atoms. The van der Waals surface area contributed by atoms with Gasteiger partial charge >= 0.3 is 0 Å². The number of carbonyl (C=O) groups excluding carboxylic acids is 1. The molecule has 0 radical (unpaired) electrons. The Labute approximate surface area is 110 Å². The summed E-state index contributed by atoms with van der Waals surface area (Å²) in [5, 5.41) is 0.0776. The largest absolute Gasteiger partial charge is 0.338 e. The van der Waals surface area contributed by atoms with E-state index in [4.69, 9.17) is 11.6 Å². The van der Waals surface area contributed by atoms with Crippen LogP contribution in [0.5, 0.6) is 0 Å². The number of aryl methyl sites for hydroxylation is 1. The summed E-state index contributed by atoms with van der Waals surface area (Å²) in [4.78, 5) is 13.7. The maximum absolute atomic E-state index is 13.6. The zero-order valence-corrected chi connectivity index (χ0v) is 10.8. The van der Waals surface area contributed by atoms with Crippen LogP contribution in [0.4, 0.5) is 8.78 Å². The van der Waals surface area contributed by atoms with Crippen LogP contribution in [0.2, 0.25) is 0 Å². The third-order valence-electron chi connectivity index (χ3n) is 3.19. The fourth-order valence-corrected chi connectivity index (χ4v) is 2.24. The minimum absolute atomic E-state index is 0.0677. The van der Waals surface area contributed by atoms with Gasteiger partial charge in [0.25, 0.3) is 5.91 Å². The number of rotatable bonds is 1. The molecule has 0 aromatic heterocycles. The van der Waals surface area contributed by atoms with Crippen molar-refractivity contribution < 1.29 is 13.6 Å². The molecule has 5 heteroatoms. The zero-order chi connectivity index (χ0) is 13.3. The van der Waals surface area contributed by atoms with Crippen molar-refractivity contribution in [2.24, 2.45) is 0 Å². The van der Waals surface area contributed by atoms with Gasteiger partial charge in [-0.25, -0.2) is 8.78 Å². The summed E-state index contributed by atoms with van der Waals surface area (Å²) in [6, 6.07) is 2.02. The number of halogens is 3. The quantitative estimate of drug-likeness (QED) is 0.720. The number of nitrogens with zero attached hydrogens (tertiary/aromatic N) is 1. The fraction of sp³-hybridized carbons (Fsp3) is 0.462. The average molecular weight is 274 g/mol. The van der Waals surface area contributed by atoms with Crippen LogP contribution in [0.3, 0.4) is 0 Å². The molecule has 1 saturated heterocycles. The van der Waals surface area contributed by atoms with E-state index in [0.29, 0.717) is 25.9 Å². The third-order valence-corrected chi connectivity index (χ3v) is 3.63. The molecular formula is C13H14ClF2NO. The molecule has 0 unspecified atom stereocenters. The number of piperidine rings is 1. The number of benzene rings is 1. The van der Waals surface area contributed by atoms with Crippen molar-refractivity contribution in [3.63, 3.8) is 0 Å². The Morgan fingerprint density at radius 2 is 1.89 bits per heavy atom. The monoisotopic (exact) mass is 273 g/mol. The molecule has 0 aliphatic carbocycles. The molecule has 1 aromatic carbocycles. The molecule has 2 rings (SSSR count). The predicted molar refractivity (Wildman–Crippen MR) is 65.9 cm³/mol. The highest BCUT2D eigenvalue weighted by Gasteiger charge is 2.24. The van der Waals surface area contributed by atoms with Gasteiger partial charge in [0.2, 0.25) is 0 Å². The van der Waals surface area contributed by atoms with Crippen molar-refractivity contribution in [2.75, 3.05) is 13.1 Å². The number of amides is 1. The SMILES string of the molecule is Cc1cc(C(=O)N2CCC(Cl)CC2)c(F)cc1F. The number of hydrogen-bond acceptors (Lipinski definition) is 1. The standard InChI is InChI=1S/C13H14ClF2NO/c1-8-6-10(12(16)7-11(8)15)13(18)17-4-2-9(14)3-5-17/h6-7,9H,2-5H2,1H3. The van der Waals surface area contributed by atoms with E-state index in [2.05, 4.69) is 0 Å². The summed E-state index contributed by atoms with van der Waals surface area (Å²) >= 11 is 5.95. The lowest BCUT2D eigenvalue weighted by Crippen LogP contribution is -2.39. The summed E-state index contributed by atoms with van der Waals surface area (Å²) in [5.41, 5.74) is 0.203. The lowest BCUT2D eigenvalue weighted by Gasteiger charge is -2.29. The number of likely N-dealkylation sites (tertiary alicyclic amines) is 1. The van der Waals surface area contributed by atoms with Gasteiger partial charge in [-0.3, -0.25) is 4.79 Å². The molecule has 2 nitrogen and oxygen atoms in total. The van der Waals surface area contributed by atoms with E-state index >= 15 is 0 Å². The predicted octanol–water partition coefficient (Wildman–Crippen LogP) is 3.12. The molecule has 18 heavy (non-hydrogen) atoms. The normalized spacial score (nSPS) is 17.0. The summed E-state index contributed by atoms with van der Waals surface area (Å²) in [5.74, 6) is -1.83. The Morgan fingerprint density at radius 1 is 1.28 bits per heavy atom. The Hall–Kier alpha value is -1.16. The maximum atomic E-state index is 13.6. The number of hydrogen-bond donors (Lipinski definition) is 0.